The van der Waals surface area contributed by atoms with Gasteiger partial charge in [0.1, 0.15) is 19.3 Å². The molecule has 90 heavy (non-hydrogen) atoms. The van der Waals surface area contributed by atoms with Crippen molar-refractivity contribution in [3.05, 3.63) is 0 Å². The van der Waals surface area contributed by atoms with E-state index in [1.165, 1.54) is 148 Å². The summed E-state index contributed by atoms with van der Waals surface area (Å²) in [4.78, 5) is 72.5. The third-order valence-electron chi connectivity index (χ3n) is 17.0. The van der Waals surface area contributed by atoms with Crippen molar-refractivity contribution in [3.63, 3.8) is 0 Å². The van der Waals surface area contributed by atoms with Crippen molar-refractivity contribution in [3.8, 4) is 0 Å². The van der Waals surface area contributed by atoms with Crippen molar-refractivity contribution < 1.29 is 80.2 Å². The summed E-state index contributed by atoms with van der Waals surface area (Å²) < 4.78 is 68.3. The molecular weight excluding hydrogens is 1190 g/mol. The molecule has 0 aromatic heterocycles. The molecule has 0 saturated carbocycles. The fourth-order valence-corrected chi connectivity index (χ4v) is 12.2. The molecule has 4 unspecified atom stereocenters. The van der Waals surface area contributed by atoms with Gasteiger partial charge in [0.2, 0.25) is 0 Å². The fourth-order valence-electron chi connectivity index (χ4n) is 10.6. The molecule has 7 atom stereocenters. The van der Waals surface area contributed by atoms with Gasteiger partial charge in [0.15, 0.2) is 12.2 Å². The van der Waals surface area contributed by atoms with Gasteiger partial charge in [-0.3, -0.25) is 37.3 Å². The van der Waals surface area contributed by atoms with Crippen LogP contribution in [0, 0.1) is 23.7 Å². The molecule has 0 radical (unpaired) electrons. The molecule has 0 heterocycles. The van der Waals surface area contributed by atoms with Gasteiger partial charge in [0.05, 0.1) is 26.4 Å². The smallest absolute Gasteiger partial charge is 0.462 e. The third-order valence-corrected chi connectivity index (χ3v) is 18.9. The number of aliphatic hydroxyl groups is 1. The summed E-state index contributed by atoms with van der Waals surface area (Å²) in [5, 5.41) is 10.6. The predicted molar refractivity (Wildman–Crippen MR) is 363 cm³/mol. The zero-order valence-electron chi connectivity index (χ0n) is 58.8. The van der Waals surface area contributed by atoms with Gasteiger partial charge in [-0.05, 0) is 49.4 Å². The quantitative estimate of drug-likeness (QED) is 0.0222. The van der Waals surface area contributed by atoms with E-state index >= 15 is 0 Å². The molecule has 0 rings (SSSR count). The maximum Gasteiger partial charge on any atom is 0.472 e. The van der Waals surface area contributed by atoms with Crippen molar-refractivity contribution in [1.29, 1.82) is 0 Å². The van der Waals surface area contributed by atoms with Crippen molar-refractivity contribution in [1.82, 2.24) is 0 Å². The number of phosphoric ester groups is 2. The van der Waals surface area contributed by atoms with E-state index in [1.807, 2.05) is 0 Å². The Kier molecular flexibility index (Phi) is 59.4. The number of hydrogen-bond acceptors (Lipinski definition) is 15. The first kappa shape index (κ1) is 88.1. The second-order valence-corrected chi connectivity index (χ2v) is 30.0. The van der Waals surface area contributed by atoms with Crippen LogP contribution in [0.1, 0.15) is 351 Å². The number of esters is 4. The van der Waals surface area contributed by atoms with Crippen molar-refractivity contribution in [2.24, 2.45) is 23.7 Å². The van der Waals surface area contributed by atoms with Crippen molar-refractivity contribution in [2.75, 3.05) is 39.6 Å². The monoisotopic (exact) mass is 1320 g/mol. The van der Waals surface area contributed by atoms with Crippen LogP contribution >= 0.6 is 15.6 Å². The summed E-state index contributed by atoms with van der Waals surface area (Å²) in [7, 11) is -9.90. The van der Waals surface area contributed by atoms with Crippen LogP contribution in [0.2, 0.25) is 0 Å². The SMILES string of the molecule is CCC(C)CCCCCCCCCCCCCCCCC(=O)O[C@H](COC(=O)CCCCCCCCCCC(C)C)COP(=O)(O)OC[C@@H](O)COP(=O)(O)OC[C@@H](COC(=O)CCCCCCCCC(C)C)OC(=O)CCCCCCCCCCC(C)CC. The lowest BCUT2D eigenvalue weighted by molar-refractivity contribution is -0.161. The minimum Gasteiger partial charge on any atom is -0.462 e. The minimum atomic E-state index is -4.95. The van der Waals surface area contributed by atoms with Crippen LogP contribution in [0.25, 0.3) is 0 Å². The zero-order valence-corrected chi connectivity index (χ0v) is 60.6. The van der Waals surface area contributed by atoms with E-state index in [9.17, 15) is 43.2 Å². The Balaban J connectivity index is 5.23. The highest BCUT2D eigenvalue weighted by Gasteiger charge is 2.30. The van der Waals surface area contributed by atoms with Crippen molar-refractivity contribution in [2.45, 2.75) is 369 Å². The number of ether oxygens (including phenoxy) is 4. The number of carbonyl (C=O) groups excluding carboxylic acids is 4. The number of unbranched alkanes of at least 4 members (excludes halogenated alkanes) is 32. The van der Waals surface area contributed by atoms with Gasteiger partial charge in [0.25, 0.3) is 0 Å². The molecule has 0 bridgehead atoms. The highest BCUT2D eigenvalue weighted by atomic mass is 31.2. The molecule has 0 spiro atoms. The number of rotatable bonds is 68. The second-order valence-electron chi connectivity index (χ2n) is 27.1. The minimum absolute atomic E-state index is 0.103. The van der Waals surface area contributed by atoms with Gasteiger partial charge in [-0.25, -0.2) is 9.13 Å². The average Bonchev–Trinajstić information content (AvgIpc) is 3.09. The molecule has 0 amide bonds. The van der Waals surface area contributed by atoms with Crippen LogP contribution in [-0.4, -0.2) is 96.7 Å². The van der Waals surface area contributed by atoms with Gasteiger partial charge in [-0.2, -0.15) is 0 Å². The molecule has 0 aromatic carbocycles. The van der Waals surface area contributed by atoms with E-state index in [0.717, 1.165) is 114 Å². The van der Waals surface area contributed by atoms with Gasteiger partial charge in [-0.1, -0.05) is 299 Å². The van der Waals surface area contributed by atoms with Gasteiger partial charge in [-0.15, -0.1) is 0 Å². The van der Waals surface area contributed by atoms with Crippen LogP contribution in [0.5, 0.6) is 0 Å². The third kappa shape index (κ3) is 62.2. The molecule has 534 valence electrons. The molecule has 0 saturated heterocycles. The first-order chi connectivity index (χ1) is 43.2. The van der Waals surface area contributed by atoms with Crippen LogP contribution in [0.4, 0.5) is 0 Å². The van der Waals surface area contributed by atoms with Crippen LogP contribution in [0.3, 0.4) is 0 Å². The topological polar surface area (TPSA) is 237 Å². The second kappa shape index (κ2) is 60.7. The van der Waals surface area contributed by atoms with E-state index in [1.54, 1.807) is 0 Å². The Bertz CT molecular complexity index is 1790. The number of phosphoric acid groups is 2. The van der Waals surface area contributed by atoms with Gasteiger partial charge < -0.3 is 33.8 Å². The van der Waals surface area contributed by atoms with E-state index in [-0.39, 0.29) is 25.7 Å². The Morgan fingerprint density at radius 1 is 0.311 bits per heavy atom. The summed E-state index contributed by atoms with van der Waals surface area (Å²) in [5.41, 5.74) is 0. The fraction of sp³-hybridized carbons (Fsp3) is 0.944. The van der Waals surface area contributed by atoms with Gasteiger partial charge >= 0.3 is 39.5 Å². The van der Waals surface area contributed by atoms with E-state index < -0.39 is 97.5 Å². The molecule has 0 aliphatic heterocycles. The average molecular weight is 1330 g/mol. The number of hydrogen-bond donors (Lipinski definition) is 3. The molecule has 3 N–H and O–H groups in total. The Morgan fingerprint density at radius 3 is 0.789 bits per heavy atom. The molecule has 0 aliphatic carbocycles. The summed E-state index contributed by atoms with van der Waals surface area (Å²) in [6.07, 6.45) is 43.2. The first-order valence-corrected chi connectivity index (χ1v) is 39.8. The Labute approximate surface area is 549 Å². The van der Waals surface area contributed by atoms with Crippen LogP contribution in [-0.2, 0) is 65.4 Å². The summed E-state index contributed by atoms with van der Waals surface area (Å²) >= 11 is 0. The highest BCUT2D eigenvalue weighted by molar-refractivity contribution is 7.47. The largest absolute Gasteiger partial charge is 0.472 e. The van der Waals surface area contributed by atoms with E-state index in [4.69, 9.17) is 37.0 Å². The first-order valence-electron chi connectivity index (χ1n) is 36.8. The standard InChI is InChI=1S/C71H138O17P2/c1-9-63(7)49-41-33-24-17-15-13-11-12-14-16-18-27-37-45-53-70(75)87-66(57-81-68(73)51-43-35-26-21-19-23-31-39-47-61(3)4)59-85-89(77,78)83-55-65(72)56-84-90(79,80)86-60-67(58-82-69(74)52-44-36-30-29-32-40-48-62(5)6)88-71(76)54-46-38-28-22-20-25-34-42-50-64(8)10-2/h61-67,72H,9-60H2,1-8H3,(H,77,78)(H,79,80)/t63?,64?,65-,66-,67-/m1/s1. The lowest BCUT2D eigenvalue weighted by atomic mass is 9.99. The maximum atomic E-state index is 13.0. The van der Waals surface area contributed by atoms with Crippen LogP contribution in [0.15, 0.2) is 0 Å². The maximum absolute atomic E-state index is 13.0. The molecule has 0 fully saturated rings. The van der Waals surface area contributed by atoms with Gasteiger partial charge in [0, 0.05) is 25.7 Å². The molecule has 0 aromatic rings. The molecule has 17 nitrogen and oxygen atoms in total. The summed E-state index contributed by atoms with van der Waals surface area (Å²) in [5.74, 6) is 0.890. The Morgan fingerprint density at radius 2 is 0.533 bits per heavy atom. The highest BCUT2D eigenvalue weighted by Crippen LogP contribution is 2.45. The molecule has 19 heteroatoms. The molecule has 0 aliphatic rings. The zero-order chi connectivity index (χ0) is 66.8. The van der Waals surface area contributed by atoms with E-state index in [2.05, 4.69) is 55.4 Å². The number of carbonyl (C=O) groups is 4. The Hall–Kier alpha value is -1.94. The van der Waals surface area contributed by atoms with E-state index in [0.29, 0.717) is 31.6 Å². The van der Waals surface area contributed by atoms with Crippen molar-refractivity contribution >= 4 is 39.5 Å². The lowest BCUT2D eigenvalue weighted by Crippen LogP contribution is -2.30. The number of aliphatic hydroxyl groups excluding tert-OH is 1. The predicted octanol–water partition coefficient (Wildman–Crippen LogP) is 20.1. The summed E-state index contributed by atoms with van der Waals surface area (Å²) in [6.45, 7) is 14.1. The molecular formula is C71H138O17P2. The lowest BCUT2D eigenvalue weighted by Gasteiger charge is -2.21. The van der Waals surface area contributed by atoms with Crippen LogP contribution < -0.4 is 0 Å². The summed E-state index contributed by atoms with van der Waals surface area (Å²) in [6, 6.07) is 0. The normalized spacial score (nSPS) is 14.9.